The smallest absolute Gasteiger partial charge is 0.258 e. The summed E-state index contributed by atoms with van der Waals surface area (Å²) in [5, 5.41) is 10.8. The van der Waals surface area contributed by atoms with E-state index in [1.807, 2.05) is 0 Å². The molecule has 1 fully saturated rings. The second-order valence-corrected chi connectivity index (χ2v) is 5.94. The molecule has 0 heterocycles. The van der Waals surface area contributed by atoms with Gasteiger partial charge in [-0.3, -0.25) is 10.1 Å². The molecule has 2 rings (SSSR count). The summed E-state index contributed by atoms with van der Waals surface area (Å²) in [7, 11) is -2.30. The minimum absolute atomic E-state index is 0.0141. The lowest BCUT2D eigenvalue weighted by atomic mass is 10.3. The van der Waals surface area contributed by atoms with E-state index in [0.29, 0.717) is 0 Å². The number of sulfonamides is 1. The van der Waals surface area contributed by atoms with Crippen molar-refractivity contribution in [3.63, 3.8) is 0 Å². The lowest BCUT2D eigenvalue weighted by molar-refractivity contribution is -0.387. The SMILES string of the molecule is CN(C1CC1)S(=O)(=O)c1ccccc1[N+](=O)[O-]. The first-order valence-electron chi connectivity index (χ1n) is 5.16. The molecule has 0 radical (unpaired) electrons. The Labute approximate surface area is 99.1 Å². The lowest BCUT2D eigenvalue weighted by Gasteiger charge is -2.15. The van der Waals surface area contributed by atoms with Crippen LogP contribution in [0.3, 0.4) is 0 Å². The van der Waals surface area contributed by atoms with Gasteiger partial charge in [-0.05, 0) is 18.9 Å². The molecule has 1 aromatic rings. The zero-order valence-electron chi connectivity index (χ0n) is 9.24. The summed E-state index contributed by atoms with van der Waals surface area (Å²) in [6.07, 6.45) is 1.63. The van der Waals surface area contributed by atoms with E-state index in [9.17, 15) is 18.5 Å². The molecule has 0 aliphatic heterocycles. The molecule has 0 amide bonds. The Morgan fingerprint density at radius 3 is 2.47 bits per heavy atom. The monoisotopic (exact) mass is 256 g/mol. The summed E-state index contributed by atoms with van der Waals surface area (Å²) in [5.41, 5.74) is -0.375. The Morgan fingerprint density at radius 2 is 1.94 bits per heavy atom. The van der Waals surface area contributed by atoms with Crippen molar-refractivity contribution in [1.29, 1.82) is 0 Å². The number of benzene rings is 1. The van der Waals surface area contributed by atoms with Crippen molar-refractivity contribution >= 4 is 15.7 Å². The van der Waals surface area contributed by atoms with Crippen molar-refractivity contribution in [2.24, 2.45) is 0 Å². The fourth-order valence-corrected chi connectivity index (χ4v) is 3.19. The van der Waals surface area contributed by atoms with E-state index in [4.69, 9.17) is 0 Å². The van der Waals surface area contributed by atoms with Crippen LogP contribution in [0.4, 0.5) is 5.69 Å². The minimum Gasteiger partial charge on any atom is -0.258 e. The molecule has 1 aliphatic rings. The summed E-state index contributed by atoms with van der Waals surface area (Å²) in [6.45, 7) is 0. The van der Waals surface area contributed by atoms with Gasteiger partial charge in [-0.2, -0.15) is 4.31 Å². The maximum absolute atomic E-state index is 12.2. The van der Waals surface area contributed by atoms with Crippen LogP contribution in [0.5, 0.6) is 0 Å². The highest BCUT2D eigenvalue weighted by atomic mass is 32.2. The standard InChI is InChI=1S/C10H12N2O4S/c1-11(8-6-7-8)17(15,16)10-5-3-2-4-9(10)12(13)14/h2-5,8H,6-7H2,1H3. The van der Waals surface area contributed by atoms with E-state index in [0.717, 1.165) is 12.8 Å². The van der Waals surface area contributed by atoms with Gasteiger partial charge in [0, 0.05) is 19.2 Å². The second kappa shape index (κ2) is 4.08. The van der Waals surface area contributed by atoms with Crippen LogP contribution in [0.2, 0.25) is 0 Å². The number of nitro benzene ring substituents is 1. The van der Waals surface area contributed by atoms with Gasteiger partial charge in [0.1, 0.15) is 0 Å². The number of hydrogen-bond acceptors (Lipinski definition) is 4. The molecule has 0 bridgehead atoms. The van der Waals surface area contributed by atoms with Crippen LogP contribution in [0.1, 0.15) is 12.8 Å². The molecule has 6 nitrogen and oxygen atoms in total. The maximum Gasteiger partial charge on any atom is 0.289 e. The van der Waals surface area contributed by atoms with Crippen LogP contribution in [-0.2, 0) is 10.0 Å². The third-order valence-electron chi connectivity index (χ3n) is 2.78. The second-order valence-electron chi connectivity index (χ2n) is 3.98. The number of para-hydroxylation sites is 1. The van der Waals surface area contributed by atoms with Crippen molar-refractivity contribution in [2.75, 3.05) is 7.05 Å². The predicted molar refractivity (Wildman–Crippen MR) is 61.1 cm³/mol. The molecule has 0 atom stereocenters. The van der Waals surface area contributed by atoms with Crippen LogP contribution in [-0.4, -0.2) is 30.7 Å². The Balaban J connectivity index is 2.49. The zero-order chi connectivity index (χ0) is 12.6. The van der Waals surface area contributed by atoms with Crippen molar-refractivity contribution in [2.45, 2.75) is 23.8 Å². The highest BCUT2D eigenvalue weighted by molar-refractivity contribution is 7.89. The molecule has 17 heavy (non-hydrogen) atoms. The fraction of sp³-hybridized carbons (Fsp3) is 0.400. The molecule has 0 aromatic heterocycles. The topological polar surface area (TPSA) is 80.5 Å². The van der Waals surface area contributed by atoms with Crippen LogP contribution in [0.15, 0.2) is 29.2 Å². The molecule has 0 unspecified atom stereocenters. The zero-order valence-corrected chi connectivity index (χ0v) is 10.1. The molecular formula is C10H12N2O4S. The lowest BCUT2D eigenvalue weighted by Crippen LogP contribution is -2.29. The van der Waals surface area contributed by atoms with Crippen LogP contribution in [0, 0.1) is 10.1 Å². The largest absolute Gasteiger partial charge is 0.289 e. The summed E-state index contributed by atoms with van der Waals surface area (Å²) in [5.74, 6) is 0. The Morgan fingerprint density at radius 1 is 1.35 bits per heavy atom. The van der Waals surface area contributed by atoms with Gasteiger partial charge in [0.05, 0.1) is 4.92 Å². The molecule has 0 spiro atoms. The number of rotatable bonds is 4. The predicted octanol–water partition coefficient (Wildman–Crippen LogP) is 1.38. The summed E-state index contributed by atoms with van der Waals surface area (Å²) in [6, 6.07) is 5.40. The van der Waals surface area contributed by atoms with Crippen LogP contribution in [0.25, 0.3) is 0 Å². The molecule has 0 N–H and O–H groups in total. The third-order valence-corrected chi connectivity index (χ3v) is 4.74. The summed E-state index contributed by atoms with van der Waals surface area (Å²) >= 11 is 0. The number of hydrogen-bond donors (Lipinski definition) is 0. The van der Waals surface area contributed by atoms with Gasteiger partial charge in [-0.15, -0.1) is 0 Å². The van der Waals surface area contributed by atoms with Gasteiger partial charge in [0.15, 0.2) is 4.90 Å². The van der Waals surface area contributed by atoms with E-state index >= 15 is 0 Å². The average molecular weight is 256 g/mol. The van der Waals surface area contributed by atoms with Gasteiger partial charge in [0.25, 0.3) is 5.69 Å². The Bertz CT molecular complexity index is 551. The molecule has 1 saturated carbocycles. The van der Waals surface area contributed by atoms with Crippen LogP contribution < -0.4 is 0 Å². The van der Waals surface area contributed by atoms with Gasteiger partial charge in [-0.1, -0.05) is 12.1 Å². The minimum atomic E-state index is -3.76. The van der Waals surface area contributed by atoms with Crippen molar-refractivity contribution in [3.05, 3.63) is 34.4 Å². The average Bonchev–Trinajstić information content (AvgIpc) is 3.11. The first-order valence-corrected chi connectivity index (χ1v) is 6.60. The quantitative estimate of drug-likeness (QED) is 0.602. The van der Waals surface area contributed by atoms with E-state index in [-0.39, 0.29) is 16.6 Å². The van der Waals surface area contributed by atoms with Gasteiger partial charge in [-0.25, -0.2) is 8.42 Å². The van der Waals surface area contributed by atoms with Crippen molar-refractivity contribution in [3.8, 4) is 0 Å². The molecule has 1 aromatic carbocycles. The van der Waals surface area contributed by atoms with Crippen molar-refractivity contribution in [1.82, 2.24) is 4.31 Å². The fourth-order valence-electron chi connectivity index (χ4n) is 1.62. The van der Waals surface area contributed by atoms with E-state index in [1.165, 1.54) is 35.6 Å². The van der Waals surface area contributed by atoms with E-state index in [1.54, 1.807) is 0 Å². The van der Waals surface area contributed by atoms with Gasteiger partial charge < -0.3 is 0 Å². The third kappa shape index (κ3) is 2.16. The molecule has 92 valence electrons. The number of nitrogens with zero attached hydrogens (tertiary/aromatic N) is 2. The maximum atomic E-state index is 12.2. The summed E-state index contributed by atoms with van der Waals surface area (Å²) < 4.78 is 25.5. The van der Waals surface area contributed by atoms with E-state index in [2.05, 4.69) is 0 Å². The number of nitro groups is 1. The Kier molecular flexibility index (Phi) is 2.88. The Hall–Kier alpha value is -1.47. The van der Waals surface area contributed by atoms with E-state index < -0.39 is 14.9 Å². The highest BCUT2D eigenvalue weighted by Crippen LogP contribution is 2.33. The van der Waals surface area contributed by atoms with Gasteiger partial charge in [0.2, 0.25) is 10.0 Å². The molecule has 0 saturated heterocycles. The van der Waals surface area contributed by atoms with Crippen LogP contribution >= 0.6 is 0 Å². The molecule has 1 aliphatic carbocycles. The molecular weight excluding hydrogens is 244 g/mol. The molecule has 7 heteroatoms. The normalized spacial score (nSPS) is 16.1. The van der Waals surface area contributed by atoms with Crippen molar-refractivity contribution < 1.29 is 13.3 Å². The van der Waals surface area contributed by atoms with Gasteiger partial charge >= 0.3 is 0 Å². The highest BCUT2D eigenvalue weighted by Gasteiger charge is 2.37. The first-order chi connectivity index (χ1) is 7.94. The summed E-state index contributed by atoms with van der Waals surface area (Å²) in [4.78, 5) is 9.89. The first kappa shape index (κ1) is 12.0.